The van der Waals surface area contributed by atoms with Crippen molar-refractivity contribution in [1.29, 1.82) is 0 Å². The van der Waals surface area contributed by atoms with Crippen LogP contribution in [0.2, 0.25) is 0 Å². The molecule has 3 heteroatoms. The van der Waals surface area contributed by atoms with Crippen LogP contribution in [0.15, 0.2) is 0 Å². The van der Waals surface area contributed by atoms with Crippen LogP contribution in [0.5, 0.6) is 0 Å². The van der Waals surface area contributed by atoms with Gasteiger partial charge in [-0.2, -0.15) is 0 Å². The molecule has 18 heavy (non-hydrogen) atoms. The summed E-state index contributed by atoms with van der Waals surface area (Å²) in [6.45, 7) is 10.7. The van der Waals surface area contributed by atoms with Crippen LogP contribution in [0.25, 0.3) is 0 Å². The Morgan fingerprint density at radius 3 is 2.44 bits per heavy atom. The summed E-state index contributed by atoms with van der Waals surface area (Å²) in [5.74, 6) is 0. The lowest BCUT2D eigenvalue weighted by Gasteiger charge is -2.53. The van der Waals surface area contributed by atoms with Gasteiger partial charge in [0.1, 0.15) is 0 Å². The maximum Gasteiger partial charge on any atom is 0.0622 e. The van der Waals surface area contributed by atoms with Crippen LogP contribution in [0.3, 0.4) is 0 Å². The second kappa shape index (κ2) is 5.48. The Hall–Kier alpha value is -0.120. The van der Waals surface area contributed by atoms with Crippen LogP contribution >= 0.6 is 0 Å². The minimum Gasteiger partial charge on any atom is -0.378 e. The molecule has 0 aromatic rings. The molecule has 1 aliphatic carbocycles. The van der Waals surface area contributed by atoms with Gasteiger partial charge < -0.3 is 10.5 Å². The minimum atomic E-state index is 0.250. The summed E-state index contributed by atoms with van der Waals surface area (Å²) in [4.78, 5) is 2.69. The number of nitrogens with two attached hydrogens (primary N) is 1. The molecule has 0 aromatic carbocycles. The zero-order valence-corrected chi connectivity index (χ0v) is 12.4. The van der Waals surface area contributed by atoms with E-state index >= 15 is 0 Å². The first-order chi connectivity index (χ1) is 8.53. The van der Waals surface area contributed by atoms with E-state index in [-0.39, 0.29) is 5.54 Å². The third-order valence-electron chi connectivity index (χ3n) is 5.22. The molecule has 2 aliphatic rings. The molecule has 2 fully saturated rings. The lowest BCUT2D eigenvalue weighted by molar-refractivity contribution is -0.0845. The molecular formula is C15H30N2O. The Bertz CT molecular complexity index is 268. The Labute approximate surface area is 112 Å². The fraction of sp³-hybridized carbons (Fsp3) is 1.00. The first-order valence-electron chi connectivity index (χ1n) is 7.58. The molecule has 1 atom stereocenters. The van der Waals surface area contributed by atoms with E-state index in [1.807, 2.05) is 0 Å². The van der Waals surface area contributed by atoms with E-state index in [1.165, 1.54) is 32.1 Å². The van der Waals surface area contributed by atoms with Crippen LogP contribution in [0, 0.1) is 5.41 Å². The van der Waals surface area contributed by atoms with Gasteiger partial charge in [0.2, 0.25) is 0 Å². The SMILES string of the molecule is CCC1COCCN1C1(CN)CCC(C)(C)CC1. The molecule has 106 valence electrons. The van der Waals surface area contributed by atoms with Crippen LogP contribution in [0.1, 0.15) is 52.9 Å². The molecular weight excluding hydrogens is 224 g/mol. The van der Waals surface area contributed by atoms with Crippen molar-refractivity contribution in [2.24, 2.45) is 11.1 Å². The average Bonchev–Trinajstić information content (AvgIpc) is 2.40. The van der Waals surface area contributed by atoms with Crippen molar-refractivity contribution in [2.45, 2.75) is 64.5 Å². The van der Waals surface area contributed by atoms with Crippen molar-refractivity contribution in [3.63, 3.8) is 0 Å². The zero-order chi connectivity index (χ0) is 13.2. The largest absolute Gasteiger partial charge is 0.378 e. The predicted octanol–water partition coefficient (Wildman–Crippen LogP) is 2.39. The quantitative estimate of drug-likeness (QED) is 0.840. The standard InChI is InChI=1S/C15H30N2O/c1-4-13-11-18-10-9-17(13)15(12-16)7-5-14(2,3)6-8-15/h13H,4-12,16H2,1-3H3. The normalized spacial score (nSPS) is 32.3. The summed E-state index contributed by atoms with van der Waals surface area (Å²) in [5, 5.41) is 0. The summed E-state index contributed by atoms with van der Waals surface area (Å²) in [6.07, 6.45) is 6.29. The van der Waals surface area contributed by atoms with Crippen LogP contribution in [0.4, 0.5) is 0 Å². The van der Waals surface area contributed by atoms with Crippen LogP contribution in [-0.4, -0.2) is 42.8 Å². The van der Waals surface area contributed by atoms with Gasteiger partial charge in [0, 0.05) is 24.7 Å². The van der Waals surface area contributed by atoms with Gasteiger partial charge in [0.25, 0.3) is 0 Å². The Morgan fingerprint density at radius 2 is 1.89 bits per heavy atom. The van der Waals surface area contributed by atoms with E-state index in [0.717, 1.165) is 26.3 Å². The van der Waals surface area contributed by atoms with Crippen molar-refractivity contribution < 1.29 is 4.74 Å². The van der Waals surface area contributed by atoms with E-state index in [9.17, 15) is 0 Å². The van der Waals surface area contributed by atoms with E-state index in [1.54, 1.807) is 0 Å². The highest BCUT2D eigenvalue weighted by atomic mass is 16.5. The van der Waals surface area contributed by atoms with Crippen molar-refractivity contribution in [3.8, 4) is 0 Å². The molecule has 2 N–H and O–H groups in total. The molecule has 1 unspecified atom stereocenters. The summed E-state index contributed by atoms with van der Waals surface area (Å²) < 4.78 is 5.64. The number of ether oxygens (including phenoxy) is 1. The van der Waals surface area contributed by atoms with Crippen molar-refractivity contribution in [3.05, 3.63) is 0 Å². The molecule has 2 rings (SSSR count). The summed E-state index contributed by atoms with van der Waals surface area (Å²) in [5.41, 5.74) is 6.95. The second-order valence-corrected chi connectivity index (χ2v) is 6.92. The predicted molar refractivity (Wildman–Crippen MR) is 75.6 cm³/mol. The molecule has 1 heterocycles. The highest BCUT2D eigenvalue weighted by Gasteiger charge is 2.44. The molecule has 0 amide bonds. The molecule has 0 radical (unpaired) electrons. The molecule has 0 spiro atoms. The first-order valence-corrected chi connectivity index (χ1v) is 7.58. The summed E-state index contributed by atoms with van der Waals surface area (Å²) in [6, 6.07) is 0.573. The molecule has 3 nitrogen and oxygen atoms in total. The van der Waals surface area contributed by atoms with Gasteiger partial charge in [0.05, 0.1) is 13.2 Å². The lowest BCUT2D eigenvalue weighted by Crippen LogP contribution is -2.63. The highest BCUT2D eigenvalue weighted by Crippen LogP contribution is 2.43. The number of hydrogen-bond donors (Lipinski definition) is 1. The van der Waals surface area contributed by atoms with Gasteiger partial charge in [-0.25, -0.2) is 0 Å². The topological polar surface area (TPSA) is 38.5 Å². The Balaban J connectivity index is 2.11. The van der Waals surface area contributed by atoms with Gasteiger partial charge in [0.15, 0.2) is 0 Å². The van der Waals surface area contributed by atoms with E-state index in [0.29, 0.717) is 11.5 Å². The third-order valence-corrected chi connectivity index (χ3v) is 5.22. The number of morpholine rings is 1. The van der Waals surface area contributed by atoms with Gasteiger partial charge >= 0.3 is 0 Å². The maximum atomic E-state index is 6.19. The average molecular weight is 254 g/mol. The lowest BCUT2D eigenvalue weighted by atomic mass is 9.68. The van der Waals surface area contributed by atoms with Crippen LogP contribution < -0.4 is 5.73 Å². The van der Waals surface area contributed by atoms with Crippen molar-refractivity contribution in [1.82, 2.24) is 4.90 Å². The Kier molecular flexibility index (Phi) is 4.35. The minimum absolute atomic E-state index is 0.250. The van der Waals surface area contributed by atoms with Gasteiger partial charge in [-0.05, 0) is 37.5 Å². The molecule has 1 aliphatic heterocycles. The van der Waals surface area contributed by atoms with Gasteiger partial charge in [-0.3, -0.25) is 4.90 Å². The Morgan fingerprint density at radius 1 is 1.22 bits per heavy atom. The van der Waals surface area contributed by atoms with Gasteiger partial charge in [-0.1, -0.05) is 20.8 Å². The fourth-order valence-electron chi connectivity index (χ4n) is 3.62. The first kappa shape index (κ1) is 14.3. The van der Waals surface area contributed by atoms with Crippen LogP contribution in [-0.2, 0) is 4.74 Å². The monoisotopic (exact) mass is 254 g/mol. The van der Waals surface area contributed by atoms with E-state index < -0.39 is 0 Å². The molecule has 0 aromatic heterocycles. The molecule has 0 bridgehead atoms. The number of hydrogen-bond acceptors (Lipinski definition) is 3. The summed E-state index contributed by atoms with van der Waals surface area (Å²) >= 11 is 0. The third kappa shape index (κ3) is 2.73. The maximum absolute atomic E-state index is 6.19. The second-order valence-electron chi connectivity index (χ2n) is 6.92. The van der Waals surface area contributed by atoms with Crippen molar-refractivity contribution >= 4 is 0 Å². The number of nitrogens with zero attached hydrogens (tertiary/aromatic N) is 1. The number of rotatable bonds is 3. The van der Waals surface area contributed by atoms with E-state index in [4.69, 9.17) is 10.5 Å². The smallest absolute Gasteiger partial charge is 0.0622 e. The molecule has 1 saturated carbocycles. The molecule has 1 saturated heterocycles. The fourth-order valence-corrected chi connectivity index (χ4v) is 3.62. The highest BCUT2D eigenvalue weighted by molar-refractivity contribution is 5.00. The van der Waals surface area contributed by atoms with Crippen molar-refractivity contribution in [2.75, 3.05) is 26.3 Å². The zero-order valence-electron chi connectivity index (χ0n) is 12.4. The van der Waals surface area contributed by atoms with E-state index in [2.05, 4.69) is 25.7 Å². The van der Waals surface area contributed by atoms with Gasteiger partial charge in [-0.15, -0.1) is 0 Å². The summed E-state index contributed by atoms with van der Waals surface area (Å²) in [7, 11) is 0.